The van der Waals surface area contributed by atoms with Crippen LogP contribution in [0.15, 0.2) is 48.7 Å². The number of fused-ring (bicyclic) bond motifs is 2. The highest BCUT2D eigenvalue weighted by molar-refractivity contribution is 6.36. The second-order valence-corrected chi connectivity index (χ2v) is 5.80. The molecule has 4 rings (SSSR count). The van der Waals surface area contributed by atoms with Crippen LogP contribution in [-0.2, 0) is 0 Å². The van der Waals surface area contributed by atoms with Crippen molar-refractivity contribution < 1.29 is 9.59 Å². The Morgan fingerprint density at radius 2 is 1.74 bits per heavy atom. The number of aromatic nitrogens is 1. The Kier molecular flexibility index (Phi) is 2.81. The van der Waals surface area contributed by atoms with Crippen molar-refractivity contribution >= 4 is 28.4 Å². The van der Waals surface area contributed by atoms with Crippen molar-refractivity contribution in [3.8, 4) is 0 Å². The summed E-state index contributed by atoms with van der Waals surface area (Å²) >= 11 is 0. The molecule has 0 radical (unpaired) electrons. The van der Waals surface area contributed by atoms with Gasteiger partial charge in [-0.15, -0.1) is 0 Å². The van der Waals surface area contributed by atoms with Crippen LogP contribution in [0.2, 0.25) is 0 Å². The van der Waals surface area contributed by atoms with Gasteiger partial charge in [-0.2, -0.15) is 0 Å². The van der Waals surface area contributed by atoms with E-state index in [9.17, 15) is 9.59 Å². The minimum Gasteiger partial charge on any atom is -0.268 e. The molecule has 0 atom stereocenters. The van der Waals surface area contributed by atoms with E-state index in [-0.39, 0.29) is 11.8 Å². The molecule has 1 aliphatic heterocycles. The van der Waals surface area contributed by atoms with Gasteiger partial charge in [0.2, 0.25) is 0 Å². The first-order valence-corrected chi connectivity index (χ1v) is 7.41. The predicted octanol–water partition coefficient (Wildman–Crippen LogP) is 3.65. The fraction of sp³-hybridized carbons (Fsp3) is 0.105. The van der Waals surface area contributed by atoms with Crippen molar-refractivity contribution in [2.75, 3.05) is 4.90 Å². The van der Waals surface area contributed by atoms with Gasteiger partial charge in [0.15, 0.2) is 0 Å². The minimum atomic E-state index is -0.282. The molecule has 0 fully saturated rings. The quantitative estimate of drug-likeness (QED) is 0.645. The summed E-state index contributed by atoms with van der Waals surface area (Å²) in [5.41, 5.74) is 3.95. The maximum atomic E-state index is 12.9. The van der Waals surface area contributed by atoms with E-state index in [1.165, 1.54) is 4.90 Å². The van der Waals surface area contributed by atoms with Crippen LogP contribution in [0.5, 0.6) is 0 Å². The molecule has 0 aliphatic carbocycles. The highest BCUT2D eigenvalue weighted by Gasteiger charge is 2.38. The number of hydrogen-bond acceptors (Lipinski definition) is 3. The smallest absolute Gasteiger partial charge is 0.266 e. The van der Waals surface area contributed by atoms with Gasteiger partial charge in [-0.25, -0.2) is 4.90 Å². The van der Waals surface area contributed by atoms with Gasteiger partial charge in [-0.3, -0.25) is 14.6 Å². The van der Waals surface area contributed by atoms with Crippen molar-refractivity contribution in [2.24, 2.45) is 0 Å². The number of pyridine rings is 1. The van der Waals surface area contributed by atoms with Crippen LogP contribution in [0, 0.1) is 13.8 Å². The van der Waals surface area contributed by atoms with E-state index in [0.29, 0.717) is 22.3 Å². The molecule has 0 spiro atoms. The SMILES string of the molecule is Cc1cc(C)c2c(c1)C(=O)N(c1cccc3cccnc13)C2=O. The summed E-state index contributed by atoms with van der Waals surface area (Å²) in [4.78, 5) is 31.3. The van der Waals surface area contributed by atoms with Crippen LogP contribution < -0.4 is 4.90 Å². The van der Waals surface area contributed by atoms with E-state index in [4.69, 9.17) is 0 Å². The number of amides is 2. The summed E-state index contributed by atoms with van der Waals surface area (Å²) in [6, 6.07) is 13.0. The van der Waals surface area contributed by atoms with Crippen LogP contribution >= 0.6 is 0 Å². The summed E-state index contributed by atoms with van der Waals surface area (Å²) in [5.74, 6) is -0.560. The Bertz CT molecular complexity index is 987. The zero-order valence-electron chi connectivity index (χ0n) is 12.8. The molecule has 2 amide bonds. The first-order chi connectivity index (χ1) is 11.1. The Labute approximate surface area is 133 Å². The lowest BCUT2D eigenvalue weighted by atomic mass is 10.0. The van der Waals surface area contributed by atoms with Crippen molar-refractivity contribution in [3.63, 3.8) is 0 Å². The van der Waals surface area contributed by atoms with Crippen LogP contribution in [0.1, 0.15) is 31.8 Å². The summed E-state index contributed by atoms with van der Waals surface area (Å²) in [6.07, 6.45) is 1.67. The number of aryl methyl sites for hydroxylation is 2. The molecule has 0 saturated heterocycles. The predicted molar refractivity (Wildman–Crippen MR) is 88.8 cm³/mol. The molecule has 0 saturated carbocycles. The number of benzene rings is 2. The first-order valence-electron chi connectivity index (χ1n) is 7.41. The Hall–Kier alpha value is -3.01. The monoisotopic (exact) mass is 302 g/mol. The van der Waals surface area contributed by atoms with Crippen LogP contribution in [-0.4, -0.2) is 16.8 Å². The number of anilines is 1. The fourth-order valence-electron chi connectivity index (χ4n) is 3.23. The molecule has 1 aliphatic rings. The molecule has 0 unspecified atom stereocenters. The van der Waals surface area contributed by atoms with Gasteiger partial charge < -0.3 is 0 Å². The van der Waals surface area contributed by atoms with Gasteiger partial charge in [0.25, 0.3) is 11.8 Å². The largest absolute Gasteiger partial charge is 0.268 e. The van der Waals surface area contributed by atoms with Gasteiger partial charge in [0.05, 0.1) is 22.3 Å². The standard InChI is InChI=1S/C19H14N2O2/c1-11-9-12(2)16-14(10-11)18(22)21(19(16)23)15-7-3-5-13-6-4-8-20-17(13)15/h3-10H,1-2H3. The first kappa shape index (κ1) is 13.6. The molecule has 0 N–H and O–H groups in total. The van der Waals surface area contributed by atoms with E-state index in [0.717, 1.165) is 16.5 Å². The normalized spacial score (nSPS) is 13.7. The van der Waals surface area contributed by atoms with Crippen LogP contribution in [0.3, 0.4) is 0 Å². The zero-order valence-corrected chi connectivity index (χ0v) is 12.8. The molecule has 2 aromatic carbocycles. The second-order valence-electron chi connectivity index (χ2n) is 5.80. The van der Waals surface area contributed by atoms with Crippen LogP contribution in [0.4, 0.5) is 5.69 Å². The minimum absolute atomic E-state index is 0.277. The highest BCUT2D eigenvalue weighted by atomic mass is 16.2. The van der Waals surface area contributed by atoms with Crippen molar-refractivity contribution in [3.05, 3.63) is 70.9 Å². The molecule has 0 bridgehead atoms. The fourth-order valence-corrected chi connectivity index (χ4v) is 3.23. The maximum Gasteiger partial charge on any atom is 0.266 e. The number of hydrogen-bond donors (Lipinski definition) is 0. The number of carbonyl (C=O) groups is 2. The van der Waals surface area contributed by atoms with Crippen molar-refractivity contribution in [1.29, 1.82) is 0 Å². The third-order valence-electron chi connectivity index (χ3n) is 4.18. The topological polar surface area (TPSA) is 50.3 Å². The molecular formula is C19H14N2O2. The summed E-state index contributed by atoms with van der Waals surface area (Å²) in [7, 11) is 0. The van der Waals surface area contributed by atoms with Crippen molar-refractivity contribution in [2.45, 2.75) is 13.8 Å². The Morgan fingerprint density at radius 1 is 0.957 bits per heavy atom. The highest BCUT2D eigenvalue weighted by Crippen LogP contribution is 2.34. The van der Waals surface area contributed by atoms with E-state index in [2.05, 4.69) is 4.98 Å². The number of imide groups is 1. The molecule has 1 aromatic heterocycles. The van der Waals surface area contributed by atoms with Gasteiger partial charge in [-0.1, -0.05) is 29.8 Å². The van der Waals surface area contributed by atoms with E-state index >= 15 is 0 Å². The Balaban J connectivity index is 1.96. The maximum absolute atomic E-state index is 12.9. The summed E-state index contributed by atoms with van der Waals surface area (Å²) in [5, 5.41) is 0.898. The van der Waals surface area contributed by atoms with Gasteiger partial charge in [0.1, 0.15) is 0 Å². The number of para-hydroxylation sites is 1. The van der Waals surface area contributed by atoms with E-state index in [1.54, 1.807) is 18.3 Å². The summed E-state index contributed by atoms with van der Waals surface area (Å²) < 4.78 is 0. The van der Waals surface area contributed by atoms with Gasteiger partial charge >= 0.3 is 0 Å². The van der Waals surface area contributed by atoms with Crippen LogP contribution in [0.25, 0.3) is 10.9 Å². The molecule has 3 aromatic rings. The molecule has 2 heterocycles. The molecule has 23 heavy (non-hydrogen) atoms. The number of carbonyl (C=O) groups excluding carboxylic acids is 2. The third kappa shape index (κ3) is 1.88. The Morgan fingerprint density at radius 3 is 2.57 bits per heavy atom. The summed E-state index contributed by atoms with van der Waals surface area (Å²) in [6.45, 7) is 3.79. The zero-order chi connectivity index (χ0) is 16.1. The van der Waals surface area contributed by atoms with Gasteiger partial charge in [0, 0.05) is 11.6 Å². The second kappa shape index (κ2) is 4.74. The number of nitrogens with zero attached hydrogens (tertiary/aromatic N) is 2. The van der Waals surface area contributed by atoms with Crippen molar-refractivity contribution in [1.82, 2.24) is 4.98 Å². The van der Waals surface area contributed by atoms with E-state index in [1.807, 2.05) is 44.2 Å². The average Bonchev–Trinajstić information content (AvgIpc) is 2.78. The van der Waals surface area contributed by atoms with E-state index < -0.39 is 0 Å². The molecule has 4 heteroatoms. The third-order valence-corrected chi connectivity index (χ3v) is 4.18. The molecular weight excluding hydrogens is 288 g/mol. The average molecular weight is 302 g/mol. The lowest BCUT2D eigenvalue weighted by Crippen LogP contribution is -2.29. The van der Waals surface area contributed by atoms with Gasteiger partial charge in [-0.05, 0) is 37.6 Å². The molecule has 4 nitrogen and oxygen atoms in total. The lowest BCUT2D eigenvalue weighted by Gasteiger charge is -2.15. The number of rotatable bonds is 1. The lowest BCUT2D eigenvalue weighted by molar-refractivity contribution is 0.0926. The molecule has 112 valence electrons.